The summed E-state index contributed by atoms with van der Waals surface area (Å²) in [6.07, 6.45) is 0.155. The lowest BCUT2D eigenvalue weighted by atomic mass is 9.76. The van der Waals surface area contributed by atoms with E-state index in [1.165, 1.54) is 11.8 Å². The molecule has 2 atom stereocenters. The third-order valence-electron chi connectivity index (χ3n) is 7.33. The number of carbonyl (C=O) groups is 2. The summed E-state index contributed by atoms with van der Waals surface area (Å²) in [5, 5.41) is 6.97. The fourth-order valence-corrected chi connectivity index (χ4v) is 7.33. The minimum Gasteiger partial charge on any atom is -0.378 e. The van der Waals surface area contributed by atoms with E-state index in [1.807, 2.05) is 53.2 Å². The normalized spacial score (nSPS) is 21.6. The van der Waals surface area contributed by atoms with Crippen molar-refractivity contribution < 1.29 is 14.3 Å². The van der Waals surface area contributed by atoms with E-state index in [0.717, 1.165) is 45.9 Å². The Balaban J connectivity index is 1.42. The number of anilines is 1. The average molecular weight is 575 g/mol. The number of rotatable bonds is 6. The van der Waals surface area contributed by atoms with E-state index < -0.39 is 10.8 Å². The van der Waals surface area contributed by atoms with Crippen molar-refractivity contribution in [1.82, 2.24) is 5.32 Å². The van der Waals surface area contributed by atoms with E-state index in [2.05, 4.69) is 40.5 Å². The maximum atomic E-state index is 13.7. The van der Waals surface area contributed by atoms with Gasteiger partial charge in [0.25, 0.3) is 0 Å². The summed E-state index contributed by atoms with van der Waals surface area (Å²) in [4.78, 5) is 30.4. The molecule has 0 bridgehead atoms. The molecule has 3 aromatic carbocycles. The van der Waals surface area contributed by atoms with Crippen LogP contribution in [0.25, 0.3) is 11.1 Å². The van der Waals surface area contributed by atoms with Crippen LogP contribution >= 0.6 is 34.7 Å². The number of nitrogens with zero attached hydrogens (tertiary/aromatic N) is 1. The number of piperidine rings is 1. The van der Waals surface area contributed by atoms with Crippen LogP contribution in [0.5, 0.6) is 0 Å². The molecule has 2 aliphatic rings. The first kappa shape index (κ1) is 26.1. The number of amides is 1. The first-order valence-electron chi connectivity index (χ1n) is 12.9. The number of ketones is 1. The van der Waals surface area contributed by atoms with Crippen LogP contribution in [0.4, 0.5) is 5.69 Å². The minimum atomic E-state index is -0.960. The molecule has 3 heterocycles. The Bertz CT molecular complexity index is 1470. The summed E-state index contributed by atoms with van der Waals surface area (Å²) in [7, 11) is 0. The lowest BCUT2D eigenvalue weighted by Crippen LogP contribution is -2.58. The third-order valence-corrected chi connectivity index (χ3v) is 9.78. The van der Waals surface area contributed by atoms with Gasteiger partial charge in [-0.2, -0.15) is 11.3 Å². The van der Waals surface area contributed by atoms with Crippen molar-refractivity contribution in [1.29, 1.82) is 0 Å². The summed E-state index contributed by atoms with van der Waals surface area (Å²) >= 11 is 9.12. The molecule has 2 unspecified atom stereocenters. The molecule has 0 radical (unpaired) electrons. The molecule has 198 valence electrons. The van der Waals surface area contributed by atoms with Gasteiger partial charge < -0.3 is 15.0 Å². The molecule has 0 saturated carbocycles. The van der Waals surface area contributed by atoms with Crippen LogP contribution in [0.1, 0.15) is 17.5 Å². The molecule has 0 aliphatic carbocycles. The average Bonchev–Trinajstić information content (AvgIpc) is 3.52. The van der Waals surface area contributed by atoms with Crippen molar-refractivity contribution in [3.05, 3.63) is 106 Å². The smallest absolute Gasteiger partial charge is 0.242 e. The molecule has 2 aliphatic heterocycles. The van der Waals surface area contributed by atoms with Crippen molar-refractivity contribution in [2.24, 2.45) is 0 Å². The van der Waals surface area contributed by atoms with Gasteiger partial charge in [0.15, 0.2) is 5.78 Å². The van der Waals surface area contributed by atoms with Gasteiger partial charge in [-0.15, -0.1) is 11.8 Å². The summed E-state index contributed by atoms with van der Waals surface area (Å²) in [5.41, 5.74) is 4.11. The van der Waals surface area contributed by atoms with Crippen molar-refractivity contribution in [2.45, 2.75) is 22.1 Å². The maximum Gasteiger partial charge on any atom is 0.242 e. The summed E-state index contributed by atoms with van der Waals surface area (Å²) in [6.45, 7) is 2.99. The number of thioether (sulfide) groups is 1. The quantitative estimate of drug-likeness (QED) is 0.270. The number of halogens is 1. The number of Topliss-reactive ketones (excluding diaryl/α,β-unsaturated/α-hetero) is 1. The Kier molecular flexibility index (Phi) is 7.49. The van der Waals surface area contributed by atoms with Crippen LogP contribution in [0.15, 0.2) is 94.5 Å². The number of ether oxygens (including phenoxy) is 1. The molecular formula is C31H27ClN2O3S2. The van der Waals surface area contributed by atoms with Gasteiger partial charge in [-0.1, -0.05) is 60.1 Å². The van der Waals surface area contributed by atoms with Gasteiger partial charge in [0.2, 0.25) is 5.91 Å². The third kappa shape index (κ3) is 5.12. The first-order valence-corrected chi connectivity index (χ1v) is 15.1. The Morgan fingerprint density at radius 2 is 1.72 bits per heavy atom. The van der Waals surface area contributed by atoms with Crippen LogP contribution in [-0.4, -0.2) is 43.2 Å². The second-order valence-electron chi connectivity index (χ2n) is 9.68. The number of benzene rings is 3. The van der Waals surface area contributed by atoms with Gasteiger partial charge in [-0.05, 0) is 57.8 Å². The molecule has 1 amide bonds. The molecular weight excluding hydrogens is 548 g/mol. The zero-order valence-electron chi connectivity index (χ0n) is 21.1. The second-order valence-corrected chi connectivity index (χ2v) is 12.0. The highest BCUT2D eigenvalue weighted by Gasteiger charge is 2.48. The van der Waals surface area contributed by atoms with Crippen molar-refractivity contribution in [2.75, 3.05) is 31.2 Å². The van der Waals surface area contributed by atoms with Gasteiger partial charge >= 0.3 is 0 Å². The van der Waals surface area contributed by atoms with E-state index in [1.54, 1.807) is 17.4 Å². The van der Waals surface area contributed by atoms with Crippen LogP contribution < -0.4 is 10.2 Å². The second kappa shape index (κ2) is 11.2. The molecule has 4 aromatic rings. The van der Waals surface area contributed by atoms with E-state index >= 15 is 0 Å². The fraction of sp³-hybridized carbons (Fsp3) is 0.226. The molecule has 6 rings (SSSR count). The molecule has 2 saturated heterocycles. The lowest BCUT2D eigenvalue weighted by Gasteiger charge is -2.41. The van der Waals surface area contributed by atoms with Crippen LogP contribution in [0.2, 0.25) is 5.02 Å². The molecule has 39 heavy (non-hydrogen) atoms. The van der Waals surface area contributed by atoms with Crippen molar-refractivity contribution in [3.63, 3.8) is 0 Å². The zero-order valence-corrected chi connectivity index (χ0v) is 23.5. The van der Waals surface area contributed by atoms with E-state index in [0.29, 0.717) is 18.2 Å². The summed E-state index contributed by atoms with van der Waals surface area (Å²) < 4.78 is 5.60. The molecule has 5 nitrogen and oxygen atoms in total. The van der Waals surface area contributed by atoms with Gasteiger partial charge in [0.05, 0.1) is 23.8 Å². The number of morpholine rings is 1. The predicted octanol–water partition coefficient (Wildman–Crippen LogP) is 6.40. The summed E-state index contributed by atoms with van der Waals surface area (Å²) in [6, 6.07) is 25.9. The monoisotopic (exact) mass is 574 g/mol. The van der Waals surface area contributed by atoms with Gasteiger partial charge in [0.1, 0.15) is 5.25 Å². The number of hydrogen-bond acceptors (Lipinski definition) is 6. The minimum absolute atomic E-state index is 0.117. The Labute approximate surface area is 241 Å². The lowest BCUT2D eigenvalue weighted by molar-refractivity contribution is -0.132. The Hall–Kier alpha value is -3.10. The summed E-state index contributed by atoms with van der Waals surface area (Å²) in [5.74, 6) is -0.422. The van der Waals surface area contributed by atoms with Gasteiger partial charge in [0, 0.05) is 35.7 Å². The number of thiophene rings is 1. The standard InChI is InChI=1S/C31H27ClN2O3S2/c32-25-8-4-5-9-28(25)39-29-27(35)19-31(33-30(29)36,23-12-17-38-20-23)22-10-11-26(34-13-15-37-16-14-34)24(18-22)21-6-2-1-3-7-21/h1-12,17-18,20,29H,13-16,19H2,(H,33,36). The largest absolute Gasteiger partial charge is 0.378 e. The molecule has 2 fully saturated rings. The van der Waals surface area contributed by atoms with E-state index in [4.69, 9.17) is 16.3 Å². The SMILES string of the molecule is O=C1CC(c2ccsc2)(c2ccc(N3CCOCC3)c(-c3ccccc3)c2)NC(=O)C1Sc1ccccc1Cl. The topological polar surface area (TPSA) is 58.6 Å². The van der Waals surface area contributed by atoms with Crippen LogP contribution in [0.3, 0.4) is 0 Å². The van der Waals surface area contributed by atoms with Gasteiger partial charge in [-0.25, -0.2) is 0 Å². The molecule has 1 aromatic heterocycles. The number of carbonyl (C=O) groups excluding carboxylic acids is 2. The first-order chi connectivity index (χ1) is 19.0. The highest BCUT2D eigenvalue weighted by atomic mass is 35.5. The molecule has 1 N–H and O–H groups in total. The maximum absolute atomic E-state index is 13.7. The van der Waals surface area contributed by atoms with Gasteiger partial charge in [-0.3, -0.25) is 9.59 Å². The highest BCUT2D eigenvalue weighted by molar-refractivity contribution is 8.01. The predicted molar refractivity (Wildman–Crippen MR) is 159 cm³/mol. The number of nitrogens with one attached hydrogen (secondary N) is 1. The highest BCUT2D eigenvalue weighted by Crippen LogP contribution is 2.44. The van der Waals surface area contributed by atoms with Crippen LogP contribution in [0, 0.1) is 0 Å². The Morgan fingerprint density at radius 3 is 2.44 bits per heavy atom. The van der Waals surface area contributed by atoms with Crippen molar-refractivity contribution in [3.8, 4) is 11.1 Å². The zero-order chi connectivity index (χ0) is 26.8. The van der Waals surface area contributed by atoms with Crippen molar-refractivity contribution >= 4 is 52.1 Å². The fourth-order valence-electron chi connectivity index (χ4n) is 5.36. The Morgan fingerprint density at radius 1 is 0.949 bits per heavy atom. The van der Waals surface area contributed by atoms with E-state index in [-0.39, 0.29) is 18.1 Å². The molecule has 0 spiro atoms. The van der Waals surface area contributed by atoms with E-state index in [9.17, 15) is 9.59 Å². The van der Waals surface area contributed by atoms with Crippen LogP contribution in [-0.2, 0) is 19.9 Å². The molecule has 8 heteroatoms. The number of hydrogen-bond donors (Lipinski definition) is 1.